The SMILES string of the molecule is CCCC[C@H](O)/C=C/C[C@@H]1[C@H](CC#CCCCC(=O)OC)[C@@H](O)C[C@H]1O. The monoisotopic (exact) mass is 366 g/mol. The van der Waals surface area contributed by atoms with E-state index in [4.69, 9.17) is 0 Å². The molecule has 5 atom stereocenters. The average Bonchev–Trinajstić information content (AvgIpc) is 2.89. The van der Waals surface area contributed by atoms with Crippen molar-refractivity contribution < 1.29 is 24.9 Å². The van der Waals surface area contributed by atoms with Crippen LogP contribution >= 0.6 is 0 Å². The number of carbonyl (C=O) groups is 1. The molecule has 0 saturated heterocycles. The predicted octanol–water partition coefficient (Wildman–Crippen LogP) is 2.58. The van der Waals surface area contributed by atoms with Gasteiger partial charge in [-0.25, -0.2) is 0 Å². The van der Waals surface area contributed by atoms with Gasteiger partial charge in [0.1, 0.15) is 0 Å². The van der Waals surface area contributed by atoms with Crippen LogP contribution in [0.5, 0.6) is 0 Å². The molecule has 0 spiro atoms. The van der Waals surface area contributed by atoms with E-state index in [0.717, 1.165) is 19.3 Å². The zero-order chi connectivity index (χ0) is 19.4. The van der Waals surface area contributed by atoms with Crippen molar-refractivity contribution in [3.05, 3.63) is 12.2 Å². The molecule has 0 bridgehead atoms. The number of rotatable bonds is 10. The van der Waals surface area contributed by atoms with E-state index in [9.17, 15) is 20.1 Å². The Balaban J connectivity index is 2.44. The predicted molar refractivity (Wildman–Crippen MR) is 101 cm³/mol. The minimum Gasteiger partial charge on any atom is -0.469 e. The Morgan fingerprint density at radius 1 is 1.23 bits per heavy atom. The number of esters is 1. The molecule has 148 valence electrons. The molecule has 0 amide bonds. The summed E-state index contributed by atoms with van der Waals surface area (Å²) in [7, 11) is 1.37. The van der Waals surface area contributed by atoms with Gasteiger partial charge >= 0.3 is 5.97 Å². The van der Waals surface area contributed by atoms with E-state index in [2.05, 4.69) is 23.5 Å². The Morgan fingerprint density at radius 2 is 1.96 bits per heavy atom. The van der Waals surface area contributed by atoms with Crippen molar-refractivity contribution in [3.63, 3.8) is 0 Å². The van der Waals surface area contributed by atoms with E-state index in [1.54, 1.807) is 6.08 Å². The first kappa shape index (κ1) is 22.7. The molecule has 3 N–H and O–H groups in total. The zero-order valence-corrected chi connectivity index (χ0v) is 16.1. The van der Waals surface area contributed by atoms with Crippen LogP contribution in [0.2, 0.25) is 0 Å². The largest absolute Gasteiger partial charge is 0.469 e. The van der Waals surface area contributed by atoms with Gasteiger partial charge in [-0.2, -0.15) is 0 Å². The van der Waals surface area contributed by atoms with Gasteiger partial charge in [0.05, 0.1) is 25.4 Å². The minimum atomic E-state index is -0.544. The number of carbonyl (C=O) groups excluding carboxylic acids is 1. The van der Waals surface area contributed by atoms with Gasteiger partial charge in [0.25, 0.3) is 0 Å². The number of allylic oxidation sites excluding steroid dienone is 1. The van der Waals surface area contributed by atoms with E-state index in [0.29, 0.717) is 38.5 Å². The third-order valence-electron chi connectivity index (χ3n) is 5.01. The van der Waals surface area contributed by atoms with Gasteiger partial charge in [0, 0.05) is 25.2 Å². The van der Waals surface area contributed by atoms with Crippen molar-refractivity contribution in [2.24, 2.45) is 11.8 Å². The molecular formula is C21H34O5. The molecule has 0 aromatic heterocycles. The van der Waals surface area contributed by atoms with E-state index in [-0.39, 0.29) is 17.8 Å². The average molecular weight is 366 g/mol. The summed E-state index contributed by atoms with van der Waals surface area (Å²) in [5.41, 5.74) is 0. The molecule has 1 saturated carbocycles. The fourth-order valence-electron chi connectivity index (χ4n) is 3.39. The summed E-state index contributed by atoms with van der Waals surface area (Å²) in [6.07, 6.45) is 8.20. The van der Waals surface area contributed by atoms with Gasteiger partial charge < -0.3 is 20.1 Å². The Bertz CT molecular complexity index is 490. The van der Waals surface area contributed by atoms with Crippen LogP contribution in [0.25, 0.3) is 0 Å². The molecular weight excluding hydrogens is 332 g/mol. The molecule has 0 aromatic carbocycles. The maximum Gasteiger partial charge on any atom is 0.305 e. The standard InChI is InChI=1S/C21H34O5/c1-3-4-10-16(22)11-9-13-18-17(19(23)15-20(18)24)12-7-5-6-8-14-21(25)26-2/h9,11,16-20,22-24H,3-4,6,8,10,12-15H2,1-2H3/b11-9+/t16-,17-,18+,19-,20+/m0/s1. The first-order valence-electron chi connectivity index (χ1n) is 9.73. The summed E-state index contributed by atoms with van der Waals surface area (Å²) in [5.74, 6) is 5.79. The maximum atomic E-state index is 11.0. The summed E-state index contributed by atoms with van der Waals surface area (Å²) in [5, 5.41) is 30.3. The third kappa shape index (κ3) is 8.35. The second-order valence-electron chi connectivity index (χ2n) is 7.06. The summed E-state index contributed by atoms with van der Waals surface area (Å²) in [6, 6.07) is 0. The lowest BCUT2D eigenvalue weighted by Crippen LogP contribution is -2.21. The van der Waals surface area contributed by atoms with E-state index >= 15 is 0 Å². The topological polar surface area (TPSA) is 87.0 Å². The minimum absolute atomic E-state index is 0.0380. The zero-order valence-electron chi connectivity index (χ0n) is 16.1. The van der Waals surface area contributed by atoms with Crippen LogP contribution in [0.1, 0.15) is 64.7 Å². The summed E-state index contributed by atoms with van der Waals surface area (Å²) >= 11 is 0. The van der Waals surface area contributed by atoms with Gasteiger partial charge in [-0.05, 0) is 31.6 Å². The van der Waals surface area contributed by atoms with Gasteiger partial charge in [0.15, 0.2) is 0 Å². The molecule has 1 aliphatic rings. The number of hydrogen-bond donors (Lipinski definition) is 3. The van der Waals surface area contributed by atoms with Crippen LogP contribution in [0.4, 0.5) is 0 Å². The molecule has 5 heteroatoms. The highest BCUT2D eigenvalue weighted by Crippen LogP contribution is 2.37. The van der Waals surface area contributed by atoms with Crippen molar-refractivity contribution in [2.75, 3.05) is 7.11 Å². The first-order chi connectivity index (χ1) is 12.5. The van der Waals surface area contributed by atoms with Gasteiger partial charge in [-0.15, -0.1) is 11.8 Å². The molecule has 26 heavy (non-hydrogen) atoms. The summed E-state index contributed by atoms with van der Waals surface area (Å²) in [4.78, 5) is 11.0. The van der Waals surface area contributed by atoms with Crippen LogP contribution in [0.15, 0.2) is 12.2 Å². The molecule has 0 aliphatic heterocycles. The molecule has 1 aliphatic carbocycles. The lowest BCUT2D eigenvalue weighted by Gasteiger charge is -2.20. The van der Waals surface area contributed by atoms with Crippen molar-refractivity contribution in [2.45, 2.75) is 83.0 Å². The van der Waals surface area contributed by atoms with Crippen LogP contribution in [-0.2, 0) is 9.53 Å². The van der Waals surface area contributed by atoms with Crippen LogP contribution in [0, 0.1) is 23.7 Å². The van der Waals surface area contributed by atoms with Crippen LogP contribution in [-0.4, -0.2) is 46.7 Å². The number of methoxy groups -OCH3 is 1. The summed E-state index contributed by atoms with van der Waals surface area (Å²) in [6.45, 7) is 2.09. The molecule has 0 unspecified atom stereocenters. The van der Waals surface area contributed by atoms with E-state index in [1.165, 1.54) is 7.11 Å². The van der Waals surface area contributed by atoms with Crippen molar-refractivity contribution >= 4 is 5.97 Å². The Morgan fingerprint density at radius 3 is 2.65 bits per heavy atom. The number of aliphatic hydroxyl groups is 3. The molecule has 0 heterocycles. The smallest absolute Gasteiger partial charge is 0.305 e. The van der Waals surface area contributed by atoms with Crippen molar-refractivity contribution in [1.29, 1.82) is 0 Å². The number of ether oxygens (including phenoxy) is 1. The Hall–Kier alpha value is -1.35. The van der Waals surface area contributed by atoms with E-state index < -0.39 is 18.3 Å². The first-order valence-corrected chi connectivity index (χ1v) is 9.73. The second-order valence-corrected chi connectivity index (χ2v) is 7.06. The fraction of sp³-hybridized carbons (Fsp3) is 0.762. The van der Waals surface area contributed by atoms with Gasteiger partial charge in [0.2, 0.25) is 0 Å². The fourth-order valence-corrected chi connectivity index (χ4v) is 3.39. The molecule has 5 nitrogen and oxygen atoms in total. The maximum absolute atomic E-state index is 11.0. The van der Waals surface area contributed by atoms with E-state index in [1.807, 2.05) is 6.08 Å². The quantitative estimate of drug-likeness (QED) is 0.239. The number of aliphatic hydroxyl groups excluding tert-OH is 3. The molecule has 1 rings (SSSR count). The lowest BCUT2D eigenvalue weighted by atomic mass is 9.88. The molecule has 0 radical (unpaired) electrons. The Kier molecular flexibility index (Phi) is 11.3. The third-order valence-corrected chi connectivity index (χ3v) is 5.01. The van der Waals surface area contributed by atoms with Gasteiger partial charge in [-0.3, -0.25) is 4.79 Å². The molecule has 0 aromatic rings. The normalized spacial score (nSPS) is 26.5. The lowest BCUT2D eigenvalue weighted by molar-refractivity contribution is -0.140. The second kappa shape index (κ2) is 12.9. The highest BCUT2D eigenvalue weighted by molar-refractivity contribution is 5.69. The van der Waals surface area contributed by atoms with Crippen LogP contribution < -0.4 is 0 Å². The highest BCUT2D eigenvalue weighted by atomic mass is 16.5. The number of unbranched alkanes of at least 4 members (excludes halogenated alkanes) is 2. The Labute approximate surface area is 157 Å². The summed E-state index contributed by atoms with van der Waals surface area (Å²) < 4.78 is 4.58. The van der Waals surface area contributed by atoms with Gasteiger partial charge in [-0.1, -0.05) is 31.9 Å². The molecule has 1 fully saturated rings. The van der Waals surface area contributed by atoms with Crippen molar-refractivity contribution in [3.8, 4) is 11.8 Å². The number of hydrogen-bond acceptors (Lipinski definition) is 5. The van der Waals surface area contributed by atoms with Crippen LogP contribution in [0.3, 0.4) is 0 Å². The van der Waals surface area contributed by atoms with Crippen molar-refractivity contribution in [1.82, 2.24) is 0 Å². The highest BCUT2D eigenvalue weighted by Gasteiger charge is 2.40.